The summed E-state index contributed by atoms with van der Waals surface area (Å²) in [5.74, 6) is 0.717. The second kappa shape index (κ2) is 4.49. The van der Waals surface area contributed by atoms with Gasteiger partial charge in [0.15, 0.2) is 0 Å². The van der Waals surface area contributed by atoms with Gasteiger partial charge in [0, 0.05) is 37.6 Å². The highest BCUT2D eigenvalue weighted by atomic mass is 16.3. The van der Waals surface area contributed by atoms with E-state index in [1.165, 1.54) is 0 Å². The van der Waals surface area contributed by atoms with Crippen molar-refractivity contribution < 1.29 is 9.90 Å². The second-order valence-corrected chi connectivity index (χ2v) is 4.92. The minimum absolute atomic E-state index is 0.147. The SMILES string of the molecule is NC1CCCC(C(=O)N2CC(CO)C2)C1. The highest BCUT2D eigenvalue weighted by Gasteiger charge is 2.35. The van der Waals surface area contributed by atoms with Crippen LogP contribution in [-0.2, 0) is 4.79 Å². The van der Waals surface area contributed by atoms with Crippen molar-refractivity contribution in [3.63, 3.8) is 0 Å². The number of aliphatic hydroxyl groups excluding tert-OH is 1. The molecule has 1 aliphatic heterocycles. The number of likely N-dealkylation sites (tertiary alicyclic amines) is 1. The molecule has 1 aliphatic carbocycles. The molecule has 2 unspecified atom stereocenters. The van der Waals surface area contributed by atoms with Crippen LogP contribution in [0.1, 0.15) is 25.7 Å². The van der Waals surface area contributed by atoms with Crippen LogP contribution in [0, 0.1) is 11.8 Å². The third-order valence-electron chi connectivity index (χ3n) is 3.59. The van der Waals surface area contributed by atoms with Crippen LogP contribution in [0.25, 0.3) is 0 Å². The van der Waals surface area contributed by atoms with Crippen molar-refractivity contribution in [3.05, 3.63) is 0 Å². The summed E-state index contributed by atoms with van der Waals surface area (Å²) in [5.41, 5.74) is 5.87. The molecule has 2 fully saturated rings. The fraction of sp³-hybridized carbons (Fsp3) is 0.909. The third kappa shape index (κ3) is 2.32. The molecule has 15 heavy (non-hydrogen) atoms. The Kier molecular flexibility index (Phi) is 3.26. The van der Waals surface area contributed by atoms with Crippen molar-refractivity contribution >= 4 is 5.91 Å². The fourth-order valence-corrected chi connectivity index (χ4v) is 2.58. The van der Waals surface area contributed by atoms with Crippen LogP contribution in [-0.4, -0.2) is 41.7 Å². The van der Waals surface area contributed by atoms with E-state index in [2.05, 4.69) is 0 Å². The van der Waals surface area contributed by atoms with Gasteiger partial charge in [-0.1, -0.05) is 6.42 Å². The minimum Gasteiger partial charge on any atom is -0.396 e. The lowest BCUT2D eigenvalue weighted by Gasteiger charge is -2.41. The number of carbonyl (C=O) groups is 1. The molecule has 0 aromatic carbocycles. The van der Waals surface area contributed by atoms with Crippen molar-refractivity contribution in [3.8, 4) is 0 Å². The Hall–Kier alpha value is -0.610. The molecule has 0 spiro atoms. The zero-order chi connectivity index (χ0) is 10.8. The maximum atomic E-state index is 12.0. The summed E-state index contributed by atoms with van der Waals surface area (Å²) in [6.07, 6.45) is 3.98. The quantitative estimate of drug-likeness (QED) is 0.674. The van der Waals surface area contributed by atoms with Crippen LogP contribution in [0.3, 0.4) is 0 Å². The van der Waals surface area contributed by atoms with Crippen LogP contribution < -0.4 is 5.73 Å². The molecule has 1 heterocycles. The van der Waals surface area contributed by atoms with Gasteiger partial charge in [-0.15, -0.1) is 0 Å². The van der Waals surface area contributed by atoms with Crippen LogP contribution in [0.4, 0.5) is 0 Å². The van der Waals surface area contributed by atoms with Gasteiger partial charge in [0.25, 0.3) is 0 Å². The maximum Gasteiger partial charge on any atom is 0.225 e. The minimum atomic E-state index is 0.147. The van der Waals surface area contributed by atoms with E-state index in [0.29, 0.717) is 5.92 Å². The number of amides is 1. The van der Waals surface area contributed by atoms with Crippen LogP contribution >= 0.6 is 0 Å². The Balaban J connectivity index is 1.81. The summed E-state index contributed by atoms with van der Waals surface area (Å²) < 4.78 is 0. The van der Waals surface area contributed by atoms with Gasteiger partial charge in [0.1, 0.15) is 0 Å². The Morgan fingerprint density at radius 2 is 2.13 bits per heavy atom. The lowest BCUT2D eigenvalue weighted by atomic mass is 9.84. The maximum absolute atomic E-state index is 12.0. The van der Waals surface area contributed by atoms with Gasteiger partial charge < -0.3 is 15.7 Å². The number of rotatable bonds is 2. The number of aliphatic hydroxyl groups is 1. The van der Waals surface area contributed by atoms with Gasteiger partial charge in [0.2, 0.25) is 5.91 Å². The number of carbonyl (C=O) groups excluding carboxylic acids is 1. The first-order valence-electron chi connectivity index (χ1n) is 5.86. The molecule has 0 aromatic rings. The zero-order valence-corrected chi connectivity index (χ0v) is 9.06. The van der Waals surface area contributed by atoms with Gasteiger partial charge >= 0.3 is 0 Å². The first kappa shape index (κ1) is 10.9. The Morgan fingerprint density at radius 1 is 1.40 bits per heavy atom. The van der Waals surface area contributed by atoms with E-state index in [0.717, 1.165) is 38.8 Å². The first-order chi connectivity index (χ1) is 7.20. The predicted molar refractivity (Wildman–Crippen MR) is 57.1 cm³/mol. The Labute approximate surface area is 90.4 Å². The summed E-state index contributed by atoms with van der Waals surface area (Å²) in [4.78, 5) is 13.8. The molecule has 0 bridgehead atoms. The molecular formula is C11H20N2O2. The molecule has 0 radical (unpaired) electrons. The van der Waals surface area contributed by atoms with Crippen molar-refractivity contribution in [2.45, 2.75) is 31.7 Å². The molecule has 4 heteroatoms. The van der Waals surface area contributed by atoms with Crippen molar-refractivity contribution in [1.29, 1.82) is 0 Å². The van der Waals surface area contributed by atoms with Crippen molar-refractivity contribution in [1.82, 2.24) is 4.90 Å². The molecule has 2 rings (SSSR count). The van der Waals surface area contributed by atoms with E-state index in [1.54, 1.807) is 0 Å². The fourth-order valence-electron chi connectivity index (χ4n) is 2.58. The second-order valence-electron chi connectivity index (χ2n) is 4.92. The van der Waals surface area contributed by atoms with Crippen LogP contribution in [0.5, 0.6) is 0 Å². The lowest BCUT2D eigenvalue weighted by molar-refractivity contribution is -0.144. The van der Waals surface area contributed by atoms with E-state index >= 15 is 0 Å². The average molecular weight is 212 g/mol. The van der Waals surface area contributed by atoms with Crippen molar-refractivity contribution in [2.75, 3.05) is 19.7 Å². The summed E-state index contributed by atoms with van der Waals surface area (Å²) in [7, 11) is 0. The molecule has 86 valence electrons. The normalized spacial score (nSPS) is 32.5. The number of nitrogens with zero attached hydrogens (tertiary/aromatic N) is 1. The van der Waals surface area contributed by atoms with E-state index in [1.807, 2.05) is 4.90 Å². The predicted octanol–water partition coefficient (Wildman–Crippen LogP) is -0.0454. The largest absolute Gasteiger partial charge is 0.396 e. The first-order valence-corrected chi connectivity index (χ1v) is 5.86. The molecule has 0 aromatic heterocycles. The monoisotopic (exact) mass is 212 g/mol. The number of nitrogens with two attached hydrogens (primary N) is 1. The molecule has 1 saturated heterocycles. The topological polar surface area (TPSA) is 66.6 Å². The standard InChI is InChI=1S/C11H20N2O2/c12-10-3-1-2-9(4-10)11(15)13-5-8(6-13)7-14/h8-10,14H,1-7,12H2. The van der Waals surface area contributed by atoms with Crippen LogP contribution in [0.2, 0.25) is 0 Å². The Bertz CT molecular complexity index is 239. The lowest BCUT2D eigenvalue weighted by Crippen LogP contribution is -2.54. The molecule has 1 saturated carbocycles. The highest BCUT2D eigenvalue weighted by Crippen LogP contribution is 2.27. The van der Waals surface area contributed by atoms with Gasteiger partial charge in [-0.05, 0) is 19.3 Å². The highest BCUT2D eigenvalue weighted by molar-refractivity contribution is 5.79. The van der Waals surface area contributed by atoms with Gasteiger partial charge in [-0.3, -0.25) is 4.79 Å². The smallest absolute Gasteiger partial charge is 0.225 e. The molecule has 1 amide bonds. The average Bonchev–Trinajstić information content (AvgIpc) is 2.16. The number of hydrogen-bond acceptors (Lipinski definition) is 3. The van der Waals surface area contributed by atoms with Gasteiger partial charge in [0.05, 0.1) is 0 Å². The molecule has 2 aliphatic rings. The summed E-state index contributed by atoms with van der Waals surface area (Å²) in [6, 6.07) is 0.211. The van der Waals surface area contributed by atoms with Crippen molar-refractivity contribution in [2.24, 2.45) is 17.6 Å². The van der Waals surface area contributed by atoms with Crippen LogP contribution in [0.15, 0.2) is 0 Å². The Morgan fingerprint density at radius 3 is 2.73 bits per heavy atom. The zero-order valence-electron chi connectivity index (χ0n) is 9.06. The molecule has 3 N–H and O–H groups in total. The van der Waals surface area contributed by atoms with E-state index in [4.69, 9.17) is 10.8 Å². The summed E-state index contributed by atoms with van der Waals surface area (Å²) in [6.45, 7) is 1.68. The van der Waals surface area contributed by atoms with E-state index in [-0.39, 0.29) is 24.5 Å². The number of hydrogen-bond donors (Lipinski definition) is 2. The summed E-state index contributed by atoms with van der Waals surface area (Å²) >= 11 is 0. The molecule has 2 atom stereocenters. The van der Waals surface area contributed by atoms with E-state index in [9.17, 15) is 4.79 Å². The third-order valence-corrected chi connectivity index (χ3v) is 3.59. The van der Waals surface area contributed by atoms with Gasteiger partial charge in [-0.2, -0.15) is 0 Å². The van der Waals surface area contributed by atoms with E-state index < -0.39 is 0 Å². The molecular weight excluding hydrogens is 192 g/mol. The van der Waals surface area contributed by atoms with Gasteiger partial charge in [-0.25, -0.2) is 0 Å². The molecule has 4 nitrogen and oxygen atoms in total. The summed E-state index contributed by atoms with van der Waals surface area (Å²) in [5, 5.41) is 8.88.